The number of nitrogens with one attached hydrogen (secondary N) is 1. The third-order valence-electron chi connectivity index (χ3n) is 8.78. The summed E-state index contributed by atoms with van der Waals surface area (Å²) in [6.07, 6.45) is 13.1. The van der Waals surface area contributed by atoms with Crippen LogP contribution in [0.25, 0.3) is 0 Å². The van der Waals surface area contributed by atoms with Crippen LogP contribution in [0.4, 0.5) is 4.79 Å². The molecular formula is C27H38N2O3. The van der Waals surface area contributed by atoms with Gasteiger partial charge in [0.2, 0.25) is 5.91 Å². The lowest BCUT2D eigenvalue weighted by Gasteiger charge is -2.52. The molecule has 174 valence electrons. The van der Waals surface area contributed by atoms with Gasteiger partial charge in [-0.2, -0.15) is 0 Å². The van der Waals surface area contributed by atoms with E-state index in [9.17, 15) is 9.59 Å². The number of carbonyl (C=O) groups excluding carboxylic acids is 2. The topological polar surface area (TPSA) is 58.6 Å². The normalized spacial score (nSPS) is 33.2. The van der Waals surface area contributed by atoms with Crippen LogP contribution < -0.4 is 5.32 Å². The van der Waals surface area contributed by atoms with E-state index in [0.717, 1.165) is 64.3 Å². The van der Waals surface area contributed by atoms with E-state index in [0.29, 0.717) is 18.2 Å². The van der Waals surface area contributed by atoms with E-state index in [2.05, 4.69) is 40.5 Å². The van der Waals surface area contributed by atoms with Gasteiger partial charge in [-0.25, -0.2) is 4.79 Å². The Kier molecular flexibility index (Phi) is 6.43. The minimum absolute atomic E-state index is 0.0211. The van der Waals surface area contributed by atoms with Crippen molar-refractivity contribution in [3.8, 4) is 0 Å². The lowest BCUT2D eigenvalue weighted by atomic mass is 9.62. The van der Waals surface area contributed by atoms with E-state index in [1.54, 1.807) is 0 Å². The van der Waals surface area contributed by atoms with Crippen LogP contribution in [0.3, 0.4) is 0 Å². The first-order valence-electron chi connectivity index (χ1n) is 13.0. The molecule has 32 heavy (non-hydrogen) atoms. The van der Waals surface area contributed by atoms with Crippen molar-refractivity contribution in [3.63, 3.8) is 0 Å². The lowest BCUT2D eigenvalue weighted by molar-refractivity contribution is -0.141. The van der Waals surface area contributed by atoms with Gasteiger partial charge in [0.25, 0.3) is 0 Å². The van der Waals surface area contributed by atoms with Crippen molar-refractivity contribution in [2.45, 2.75) is 101 Å². The Morgan fingerprint density at radius 2 is 1.81 bits per heavy atom. The molecular weight excluding hydrogens is 400 g/mol. The average molecular weight is 439 g/mol. The van der Waals surface area contributed by atoms with Gasteiger partial charge >= 0.3 is 6.09 Å². The van der Waals surface area contributed by atoms with E-state index < -0.39 is 0 Å². The molecule has 4 fully saturated rings. The Labute approximate surface area is 192 Å². The van der Waals surface area contributed by atoms with Crippen molar-refractivity contribution in [2.24, 2.45) is 11.8 Å². The van der Waals surface area contributed by atoms with E-state index in [-0.39, 0.29) is 29.7 Å². The van der Waals surface area contributed by atoms with Crippen molar-refractivity contribution >= 4 is 12.0 Å². The van der Waals surface area contributed by atoms with Gasteiger partial charge in [-0.3, -0.25) is 4.79 Å². The van der Waals surface area contributed by atoms with Crippen LogP contribution in [-0.4, -0.2) is 41.1 Å². The fraction of sp³-hybridized carbons (Fsp3) is 0.704. The maximum atomic E-state index is 12.9. The Hall–Kier alpha value is -2.04. The highest BCUT2D eigenvalue weighted by Gasteiger charge is 2.56. The Balaban J connectivity index is 1.38. The molecule has 1 spiro atoms. The largest absolute Gasteiger partial charge is 0.446 e. The molecule has 4 atom stereocenters. The minimum Gasteiger partial charge on any atom is -0.446 e. The summed E-state index contributed by atoms with van der Waals surface area (Å²) in [7, 11) is 0. The third kappa shape index (κ3) is 4.27. The fourth-order valence-corrected chi connectivity index (χ4v) is 7.35. The van der Waals surface area contributed by atoms with Crippen LogP contribution in [0.5, 0.6) is 0 Å². The van der Waals surface area contributed by atoms with Crippen LogP contribution in [0.15, 0.2) is 30.3 Å². The number of ether oxygens (including phenoxy) is 1. The molecule has 0 unspecified atom stereocenters. The smallest absolute Gasteiger partial charge is 0.407 e. The maximum absolute atomic E-state index is 12.9. The minimum atomic E-state index is -0.233. The number of alkyl carbamates (subject to hydrolysis) is 1. The Bertz CT molecular complexity index is 806. The molecule has 5 nitrogen and oxygen atoms in total. The van der Waals surface area contributed by atoms with Crippen molar-refractivity contribution in [1.82, 2.24) is 10.2 Å². The zero-order chi connectivity index (χ0) is 22.0. The molecule has 5 heteroatoms. The number of hydrogen-bond donors (Lipinski definition) is 1. The van der Waals surface area contributed by atoms with E-state index in [1.807, 2.05) is 0 Å². The molecule has 4 aliphatic rings. The average Bonchev–Trinajstić information content (AvgIpc) is 3.17. The lowest BCUT2D eigenvalue weighted by Crippen LogP contribution is -2.59. The first-order chi connectivity index (χ1) is 15.7. The highest BCUT2D eigenvalue weighted by Crippen LogP contribution is 2.53. The molecule has 1 N–H and O–H groups in total. The first-order valence-corrected chi connectivity index (χ1v) is 13.0. The van der Waals surface area contributed by atoms with Gasteiger partial charge in [0.1, 0.15) is 6.10 Å². The molecule has 2 heterocycles. The molecule has 0 aromatic heterocycles. The standard InChI is InChI=1S/C27H38N2O3/c30-25-14-7-13-23-22(19-20-9-3-1-4-10-20)24(15-17-27(23)16-8-18-29(25)27)32-26(31)28-21-11-5-2-6-12-21/h1,3-4,9-10,21-24H,2,5-8,11-19H2,(H,28,31)/t22-,23+,24+,27-/m1/s1. The van der Waals surface area contributed by atoms with Gasteiger partial charge in [0, 0.05) is 30.5 Å². The molecule has 1 aromatic carbocycles. The van der Waals surface area contributed by atoms with Gasteiger partial charge in [-0.1, -0.05) is 49.6 Å². The number of amides is 2. The van der Waals surface area contributed by atoms with Crippen LogP contribution >= 0.6 is 0 Å². The Morgan fingerprint density at radius 3 is 2.62 bits per heavy atom. The summed E-state index contributed by atoms with van der Waals surface area (Å²) in [5.74, 6) is 1.01. The van der Waals surface area contributed by atoms with Gasteiger partial charge in [-0.05, 0) is 69.3 Å². The monoisotopic (exact) mass is 438 g/mol. The first kappa shape index (κ1) is 21.8. The molecule has 2 amide bonds. The van der Waals surface area contributed by atoms with E-state index in [1.165, 1.54) is 24.8 Å². The zero-order valence-corrected chi connectivity index (χ0v) is 19.3. The second kappa shape index (κ2) is 9.44. The molecule has 2 saturated heterocycles. The summed E-state index contributed by atoms with van der Waals surface area (Å²) >= 11 is 0. The molecule has 2 aliphatic heterocycles. The summed E-state index contributed by atoms with van der Waals surface area (Å²) in [5.41, 5.74) is 1.28. The summed E-state index contributed by atoms with van der Waals surface area (Å²) in [4.78, 5) is 28.0. The number of hydrogen-bond acceptors (Lipinski definition) is 3. The van der Waals surface area contributed by atoms with Gasteiger partial charge in [-0.15, -0.1) is 0 Å². The van der Waals surface area contributed by atoms with Gasteiger partial charge < -0.3 is 15.0 Å². The predicted molar refractivity (Wildman–Crippen MR) is 124 cm³/mol. The number of rotatable bonds is 4. The van der Waals surface area contributed by atoms with Crippen LogP contribution in [0.2, 0.25) is 0 Å². The highest BCUT2D eigenvalue weighted by molar-refractivity contribution is 5.78. The van der Waals surface area contributed by atoms with Gasteiger partial charge in [0.05, 0.1) is 0 Å². The van der Waals surface area contributed by atoms with Crippen molar-refractivity contribution in [3.05, 3.63) is 35.9 Å². The third-order valence-corrected chi connectivity index (χ3v) is 8.78. The number of carbonyl (C=O) groups is 2. The number of benzene rings is 1. The van der Waals surface area contributed by atoms with Crippen LogP contribution in [0.1, 0.15) is 82.6 Å². The summed E-state index contributed by atoms with van der Waals surface area (Å²) in [6.45, 7) is 0.904. The second-order valence-corrected chi connectivity index (χ2v) is 10.6. The van der Waals surface area contributed by atoms with Crippen LogP contribution in [0, 0.1) is 11.8 Å². The van der Waals surface area contributed by atoms with Crippen LogP contribution in [-0.2, 0) is 16.0 Å². The molecule has 2 aliphatic carbocycles. The maximum Gasteiger partial charge on any atom is 0.407 e. The van der Waals surface area contributed by atoms with Crippen molar-refractivity contribution < 1.29 is 14.3 Å². The van der Waals surface area contributed by atoms with Gasteiger partial charge in [0.15, 0.2) is 0 Å². The van der Waals surface area contributed by atoms with E-state index >= 15 is 0 Å². The summed E-state index contributed by atoms with van der Waals surface area (Å²) in [6, 6.07) is 10.9. The molecule has 5 rings (SSSR count). The summed E-state index contributed by atoms with van der Waals surface area (Å²) in [5, 5.41) is 3.16. The molecule has 1 aromatic rings. The SMILES string of the molecule is O=C(NC1CCCCC1)O[C@H]1CC[C@@]23CCCN2C(=O)CCC[C@H]3[C@H]1Cc1ccccc1. The summed E-state index contributed by atoms with van der Waals surface area (Å²) < 4.78 is 6.19. The number of nitrogens with zero attached hydrogens (tertiary/aromatic N) is 1. The second-order valence-electron chi connectivity index (χ2n) is 10.6. The zero-order valence-electron chi connectivity index (χ0n) is 19.3. The quantitative estimate of drug-likeness (QED) is 0.700. The van der Waals surface area contributed by atoms with Crippen molar-refractivity contribution in [2.75, 3.05) is 6.54 Å². The predicted octanol–water partition coefficient (Wildman–Crippen LogP) is 5.23. The molecule has 0 bridgehead atoms. The Morgan fingerprint density at radius 1 is 1.00 bits per heavy atom. The highest BCUT2D eigenvalue weighted by atomic mass is 16.6. The van der Waals surface area contributed by atoms with Crippen molar-refractivity contribution in [1.29, 1.82) is 0 Å². The van der Waals surface area contributed by atoms with E-state index in [4.69, 9.17) is 4.74 Å². The molecule has 2 saturated carbocycles. The molecule has 0 radical (unpaired) electrons. The fourth-order valence-electron chi connectivity index (χ4n) is 7.35.